The van der Waals surface area contributed by atoms with Crippen LogP contribution in [0.1, 0.15) is 41.5 Å². The van der Waals surface area contributed by atoms with Gasteiger partial charge in [-0.3, -0.25) is 4.90 Å². The van der Waals surface area contributed by atoms with Crippen LogP contribution >= 0.6 is 0 Å². The highest BCUT2D eigenvalue weighted by atomic mass is 16.5. The minimum absolute atomic E-state index is 0.0872. The zero-order valence-electron chi connectivity index (χ0n) is 12.2. The molecular weight excluding hydrogens is 200 g/mol. The Morgan fingerprint density at radius 2 is 1.44 bits per heavy atom. The van der Waals surface area contributed by atoms with Gasteiger partial charge in [0.15, 0.2) is 0 Å². The molecule has 0 aromatic heterocycles. The Bertz CT molecular complexity index is 184. The smallest absolute Gasteiger partial charge is 0.0800 e. The van der Waals surface area contributed by atoms with Crippen molar-refractivity contribution in [3.05, 3.63) is 0 Å². The largest absolute Gasteiger partial charge is 0.377 e. The first-order valence-electron chi connectivity index (χ1n) is 6.43. The Morgan fingerprint density at radius 3 is 1.81 bits per heavy atom. The zero-order chi connectivity index (χ0) is 12.8. The number of ether oxygens (including phenoxy) is 1. The van der Waals surface area contributed by atoms with E-state index in [0.717, 1.165) is 26.2 Å². The predicted octanol–water partition coefficient (Wildman–Crippen LogP) is 2.12. The van der Waals surface area contributed by atoms with Crippen molar-refractivity contribution in [3.63, 3.8) is 0 Å². The molecule has 1 heterocycles. The lowest BCUT2D eigenvalue weighted by Crippen LogP contribution is -2.62. The van der Waals surface area contributed by atoms with Gasteiger partial charge in [0.2, 0.25) is 0 Å². The van der Waals surface area contributed by atoms with E-state index < -0.39 is 0 Å². The molecule has 0 atom stereocenters. The molecule has 0 bridgehead atoms. The lowest BCUT2D eigenvalue weighted by Gasteiger charge is -2.49. The van der Waals surface area contributed by atoms with Crippen LogP contribution in [-0.2, 0) is 4.74 Å². The van der Waals surface area contributed by atoms with Crippen LogP contribution in [0.25, 0.3) is 0 Å². The molecule has 1 aliphatic rings. The number of methoxy groups -OCH3 is 1. The SMILES string of the molecule is CC.COC(C)(C)C(C)(C)N1CCNCC1. The van der Waals surface area contributed by atoms with Crippen LogP contribution in [-0.4, -0.2) is 49.3 Å². The molecule has 1 saturated heterocycles. The van der Waals surface area contributed by atoms with Crippen LogP contribution < -0.4 is 5.32 Å². The Hall–Kier alpha value is -0.120. The lowest BCUT2D eigenvalue weighted by atomic mass is 9.83. The summed E-state index contributed by atoms with van der Waals surface area (Å²) in [7, 11) is 1.80. The molecule has 3 heteroatoms. The van der Waals surface area contributed by atoms with Gasteiger partial charge in [-0.2, -0.15) is 0 Å². The van der Waals surface area contributed by atoms with Crippen molar-refractivity contribution in [3.8, 4) is 0 Å². The molecule has 3 nitrogen and oxygen atoms in total. The molecule has 0 aromatic carbocycles. The Morgan fingerprint density at radius 1 is 1.00 bits per heavy atom. The highest BCUT2D eigenvalue weighted by molar-refractivity contribution is 4.98. The van der Waals surface area contributed by atoms with Crippen molar-refractivity contribution in [2.24, 2.45) is 0 Å². The predicted molar refractivity (Wildman–Crippen MR) is 71.0 cm³/mol. The minimum Gasteiger partial charge on any atom is -0.377 e. The van der Waals surface area contributed by atoms with Gasteiger partial charge in [0.1, 0.15) is 0 Å². The van der Waals surface area contributed by atoms with Crippen molar-refractivity contribution in [1.82, 2.24) is 10.2 Å². The molecule has 1 N–H and O–H groups in total. The van der Waals surface area contributed by atoms with Gasteiger partial charge in [0.25, 0.3) is 0 Å². The summed E-state index contributed by atoms with van der Waals surface area (Å²) < 4.78 is 5.59. The highest BCUT2D eigenvalue weighted by Gasteiger charge is 2.42. The molecule has 0 aliphatic carbocycles. The summed E-state index contributed by atoms with van der Waals surface area (Å²) in [4.78, 5) is 2.51. The summed E-state index contributed by atoms with van der Waals surface area (Å²) in [6.07, 6.45) is 0. The highest BCUT2D eigenvalue weighted by Crippen LogP contribution is 2.30. The average molecular weight is 230 g/mol. The fourth-order valence-electron chi connectivity index (χ4n) is 1.85. The summed E-state index contributed by atoms with van der Waals surface area (Å²) in [6, 6.07) is 0. The van der Waals surface area contributed by atoms with E-state index in [1.165, 1.54) is 0 Å². The number of nitrogens with zero attached hydrogens (tertiary/aromatic N) is 1. The molecule has 0 saturated carbocycles. The molecule has 1 fully saturated rings. The lowest BCUT2D eigenvalue weighted by molar-refractivity contribution is -0.101. The molecular formula is C13H30N2O. The quantitative estimate of drug-likeness (QED) is 0.804. The fourth-order valence-corrected chi connectivity index (χ4v) is 1.85. The van der Waals surface area contributed by atoms with Gasteiger partial charge >= 0.3 is 0 Å². The summed E-state index contributed by atoms with van der Waals surface area (Å²) in [5.41, 5.74) is -0.0197. The van der Waals surface area contributed by atoms with Gasteiger partial charge in [0.05, 0.1) is 5.60 Å². The number of hydrogen-bond donors (Lipinski definition) is 1. The summed E-state index contributed by atoms with van der Waals surface area (Å²) >= 11 is 0. The van der Waals surface area contributed by atoms with Crippen molar-refractivity contribution < 1.29 is 4.74 Å². The summed E-state index contributed by atoms with van der Waals surface area (Å²) in [5.74, 6) is 0. The third-order valence-electron chi connectivity index (χ3n) is 3.89. The Balaban J connectivity index is 0.00000106. The molecule has 0 amide bonds. The number of hydrogen-bond acceptors (Lipinski definition) is 3. The molecule has 1 rings (SSSR count). The van der Waals surface area contributed by atoms with E-state index in [4.69, 9.17) is 4.74 Å². The van der Waals surface area contributed by atoms with Gasteiger partial charge in [-0.05, 0) is 27.7 Å². The molecule has 1 aliphatic heterocycles. The van der Waals surface area contributed by atoms with Gasteiger partial charge < -0.3 is 10.1 Å². The fraction of sp³-hybridized carbons (Fsp3) is 1.00. The standard InChI is InChI=1S/C11H24N2O.C2H6/c1-10(2,11(3,4)14-5)13-8-6-12-7-9-13;1-2/h12H,6-9H2,1-5H3;1-2H3. The minimum atomic E-state index is -0.107. The monoisotopic (exact) mass is 230 g/mol. The van der Waals surface area contributed by atoms with Crippen molar-refractivity contribution >= 4 is 0 Å². The maximum atomic E-state index is 5.59. The van der Waals surface area contributed by atoms with Crippen molar-refractivity contribution in [2.75, 3.05) is 33.3 Å². The van der Waals surface area contributed by atoms with Crippen LogP contribution in [0.3, 0.4) is 0 Å². The van der Waals surface area contributed by atoms with Gasteiger partial charge in [-0.25, -0.2) is 0 Å². The number of piperazine rings is 1. The van der Waals surface area contributed by atoms with E-state index in [1.807, 2.05) is 13.8 Å². The zero-order valence-corrected chi connectivity index (χ0v) is 12.2. The second-order valence-corrected chi connectivity index (χ2v) is 5.01. The first-order chi connectivity index (χ1) is 7.42. The van der Waals surface area contributed by atoms with Gasteiger partial charge in [-0.1, -0.05) is 13.8 Å². The molecule has 98 valence electrons. The summed E-state index contributed by atoms with van der Waals surface area (Å²) in [6.45, 7) is 17.2. The number of nitrogens with one attached hydrogen (secondary N) is 1. The van der Waals surface area contributed by atoms with Gasteiger partial charge in [-0.15, -0.1) is 0 Å². The summed E-state index contributed by atoms with van der Waals surface area (Å²) in [5, 5.41) is 3.37. The van der Waals surface area contributed by atoms with Gasteiger partial charge in [0, 0.05) is 38.8 Å². The Kier molecular flexibility index (Phi) is 6.53. The van der Waals surface area contributed by atoms with E-state index >= 15 is 0 Å². The van der Waals surface area contributed by atoms with E-state index in [9.17, 15) is 0 Å². The Labute approximate surface area is 102 Å². The molecule has 0 aromatic rings. The molecule has 16 heavy (non-hydrogen) atoms. The molecule has 0 unspecified atom stereocenters. The molecule has 0 radical (unpaired) electrons. The van der Waals surface area contributed by atoms with Crippen molar-refractivity contribution in [1.29, 1.82) is 0 Å². The molecule has 0 spiro atoms. The van der Waals surface area contributed by atoms with Crippen LogP contribution in [0.2, 0.25) is 0 Å². The number of rotatable bonds is 3. The van der Waals surface area contributed by atoms with E-state index in [1.54, 1.807) is 7.11 Å². The van der Waals surface area contributed by atoms with E-state index in [-0.39, 0.29) is 11.1 Å². The second kappa shape index (κ2) is 6.58. The normalized spacial score (nSPS) is 18.9. The second-order valence-electron chi connectivity index (χ2n) is 5.01. The maximum absolute atomic E-state index is 5.59. The van der Waals surface area contributed by atoms with Crippen LogP contribution in [0.15, 0.2) is 0 Å². The third kappa shape index (κ3) is 3.44. The van der Waals surface area contributed by atoms with Crippen LogP contribution in [0, 0.1) is 0 Å². The van der Waals surface area contributed by atoms with Crippen molar-refractivity contribution in [2.45, 2.75) is 52.7 Å². The maximum Gasteiger partial charge on any atom is 0.0800 e. The first kappa shape index (κ1) is 15.9. The topological polar surface area (TPSA) is 24.5 Å². The van der Waals surface area contributed by atoms with Crippen LogP contribution in [0.5, 0.6) is 0 Å². The third-order valence-corrected chi connectivity index (χ3v) is 3.89. The first-order valence-corrected chi connectivity index (χ1v) is 6.43. The van der Waals surface area contributed by atoms with E-state index in [0.29, 0.717) is 0 Å². The van der Waals surface area contributed by atoms with E-state index in [2.05, 4.69) is 37.9 Å². The van der Waals surface area contributed by atoms with Crippen LogP contribution in [0.4, 0.5) is 0 Å². The average Bonchev–Trinajstić information content (AvgIpc) is 2.32.